The second kappa shape index (κ2) is 194. The molecule has 0 rings (SSSR count). The van der Waals surface area contributed by atoms with Gasteiger partial charge < -0.3 is 145 Å². The largest absolute Gasteiger partial charge is 0.396 e. The molecule has 0 fully saturated rings. The quantitative estimate of drug-likeness (QED) is 0.0997. The third-order valence-corrected chi connectivity index (χ3v) is 1.96. The maximum Gasteiger partial charge on any atom is 0.156 e. The number of aliphatic hydroxyl groups is 8. The second-order valence-corrected chi connectivity index (χ2v) is 24.1. The van der Waals surface area contributed by atoms with E-state index in [-0.39, 0.29) is 419 Å². The second-order valence-electron chi connectivity index (χ2n) is 24.1. The van der Waals surface area contributed by atoms with Gasteiger partial charge in [-0.25, -0.2) is 0 Å². The van der Waals surface area contributed by atoms with E-state index in [0.717, 1.165) is 6.42 Å². The summed E-state index contributed by atoms with van der Waals surface area (Å²) in [6.07, 6.45) is 1.58. The third-order valence-electron chi connectivity index (χ3n) is 1.96. The van der Waals surface area contributed by atoms with Gasteiger partial charge in [0, 0.05) is 406 Å². The van der Waals surface area contributed by atoms with Crippen LogP contribution in [0.5, 0.6) is 0 Å². The Morgan fingerprint density at radius 1 is 0.261 bits per heavy atom. The maximum absolute atomic E-state index is 8.08. The molecule has 0 bridgehead atoms. The molecule has 20 heteroatoms. The Hall–Kier alpha value is 12.9. The van der Waals surface area contributed by atoms with Crippen molar-refractivity contribution in [2.45, 2.75) is 303 Å². The molecule has 0 aromatic rings. The zero-order valence-corrected chi connectivity index (χ0v) is 102. The minimum absolute atomic E-state index is 0. The number of hydrogen-bond acceptors (Lipinski definition) is 8. The fraction of sp³-hybridized carbons (Fsp3) is 0.765. The molecular formula is C68H156O8Y12-16. The van der Waals surface area contributed by atoms with Crippen LogP contribution in [0.15, 0.2) is 0 Å². The monoisotopic (exact) mass is 2170 g/mol. The van der Waals surface area contributed by atoms with Crippen molar-refractivity contribution < 1.29 is 433 Å². The Bertz CT molecular complexity index is 549. The fourth-order valence-electron chi connectivity index (χ4n) is 0.0707. The van der Waals surface area contributed by atoms with E-state index >= 15 is 0 Å². The van der Waals surface area contributed by atoms with E-state index in [2.05, 4.69) is 298 Å². The number of hydrogen-bond donors (Lipinski definition) is 8. The predicted octanol–water partition coefficient (Wildman–Crippen LogP) is 20.0. The molecule has 0 spiro atoms. The summed E-state index contributed by atoms with van der Waals surface area (Å²) in [4.78, 5) is 0. The predicted molar refractivity (Wildman–Crippen MR) is 357 cm³/mol. The Balaban J connectivity index is -0.0000000144. The van der Waals surface area contributed by atoms with Gasteiger partial charge in [0.05, 0.1) is 13.2 Å². The fourth-order valence-corrected chi connectivity index (χ4v) is 0.0707. The van der Waals surface area contributed by atoms with Crippen LogP contribution in [0.2, 0.25) is 0 Å². The van der Waals surface area contributed by atoms with E-state index in [1.165, 1.54) is 84.9 Å². The summed E-state index contributed by atoms with van der Waals surface area (Å²) in [6, 6.07) is 0. The summed E-state index contributed by atoms with van der Waals surface area (Å²) >= 11 is 0. The van der Waals surface area contributed by atoms with Crippen molar-refractivity contribution in [3.05, 3.63) is 98.7 Å². The molecule has 0 aromatic heterocycles. The van der Waals surface area contributed by atoms with Crippen molar-refractivity contribution in [1.29, 1.82) is 0 Å². The molecule has 8 nitrogen and oxygen atoms in total. The molecular weight excluding hydrogens is 2010 g/mol. The van der Waals surface area contributed by atoms with Gasteiger partial charge in [-0.3, -0.25) is 0 Å². The molecule has 0 aromatic carbocycles. The van der Waals surface area contributed by atoms with Gasteiger partial charge in [-0.05, 0) is 20.3 Å². The van der Waals surface area contributed by atoms with E-state index in [9.17, 15) is 0 Å². The van der Waals surface area contributed by atoms with Gasteiger partial charge in [-0.2, -0.15) is 261 Å². The molecule has 2 unspecified atom stereocenters. The zero-order chi connectivity index (χ0) is 67.1. The van der Waals surface area contributed by atoms with E-state index in [1.54, 1.807) is 0 Å². The molecule has 12 radical (unpaired) electrons. The van der Waals surface area contributed by atoms with Crippen LogP contribution < -0.4 is 0 Å². The summed E-state index contributed by atoms with van der Waals surface area (Å²) in [7, 11) is 0. The zero-order valence-electron chi connectivity index (χ0n) is 67.5. The molecule has 0 heterocycles. The Morgan fingerprint density at radius 2 is 0.318 bits per heavy atom. The van der Waals surface area contributed by atoms with Gasteiger partial charge in [-0.1, -0.05) is 20.8 Å². The average molecular weight is 2170 g/mol. The van der Waals surface area contributed by atoms with Crippen LogP contribution in [-0.2, 0) is 393 Å². The number of aliphatic hydroxyl groups excluding tert-OH is 5. The first kappa shape index (κ1) is 200. The first-order chi connectivity index (χ1) is 33.4. The molecule has 2 atom stereocenters. The van der Waals surface area contributed by atoms with Crippen molar-refractivity contribution >= 4 is 0 Å². The number of rotatable bonds is 5. The van der Waals surface area contributed by atoms with Gasteiger partial charge in [0.2, 0.25) is 0 Å². The van der Waals surface area contributed by atoms with Crippen LogP contribution in [0.4, 0.5) is 0 Å². The molecule has 8 N–H and O–H groups in total. The average Bonchev–Trinajstić information content (AvgIpc) is 3.09. The minimum Gasteiger partial charge on any atom is -0.396 e. The maximum atomic E-state index is 8.08. The van der Waals surface area contributed by atoms with Crippen LogP contribution in [0.25, 0.3) is 0 Å². The molecule has 88 heavy (non-hydrogen) atoms. The van der Waals surface area contributed by atoms with Crippen molar-refractivity contribution in [2.24, 2.45) is 17.8 Å². The van der Waals surface area contributed by atoms with Crippen molar-refractivity contribution in [1.82, 2.24) is 0 Å². The molecule has 528 valence electrons. The summed E-state index contributed by atoms with van der Waals surface area (Å²) in [5.41, 5.74) is 0. The Morgan fingerprint density at radius 3 is 0.318 bits per heavy atom. The van der Waals surface area contributed by atoms with E-state index in [0.29, 0.717) is 24.2 Å². The summed E-state index contributed by atoms with van der Waals surface area (Å²) in [6.45, 7) is 97.8. The summed E-state index contributed by atoms with van der Waals surface area (Å²) in [5, 5.41) is 61.5. The minimum atomic E-state index is -1.50. The topological polar surface area (TPSA) is 162 Å². The van der Waals surface area contributed by atoms with Gasteiger partial charge >= 0.3 is 0 Å². The molecule has 0 aliphatic rings. The van der Waals surface area contributed by atoms with E-state index in [4.69, 9.17) is 40.9 Å². The Labute approximate surface area is 867 Å². The van der Waals surface area contributed by atoms with Crippen LogP contribution in [0, 0.1) is 116 Å². The normalized spacial score (nSPS) is 8.52. The van der Waals surface area contributed by atoms with Gasteiger partial charge in [0.15, 0.2) is 5.79 Å². The first-order valence-electron chi connectivity index (χ1n) is 27.1. The van der Waals surface area contributed by atoms with Crippen LogP contribution >= 0.6 is 0 Å². The van der Waals surface area contributed by atoms with Crippen molar-refractivity contribution in [2.75, 3.05) is 33.2 Å². The SMILES string of the molecule is CC(C)(O)O.C[C-](C)C.C[C-](C)C.C[C-](C)C.C[C-](C)C.C[C-](C)C.C[C-](C)C.C[C-](C)C.C[C-](C)C.C[C-](C)C.C[C-](C)C.C[C-](C)C.C[C-](C)C.OCCCO.OCCO.OCO.[CH2-]C(C)C([CH2-])C.[CH2-]C([CH2-])CC.[Y].[Y].[Y].[Y].[Y].[Y].[Y].[Y].[Y].[Y].[Y].[Y]. The van der Waals surface area contributed by atoms with Crippen LogP contribution in [-0.4, -0.2) is 79.9 Å². The smallest absolute Gasteiger partial charge is 0.156 e. The molecule has 0 aliphatic carbocycles. The van der Waals surface area contributed by atoms with Crippen molar-refractivity contribution in [3.63, 3.8) is 0 Å². The third kappa shape index (κ3) is 1970. The molecule has 0 amide bonds. The summed E-state index contributed by atoms with van der Waals surface area (Å²) < 4.78 is 0. The van der Waals surface area contributed by atoms with Crippen LogP contribution in [0.3, 0.4) is 0 Å². The van der Waals surface area contributed by atoms with Crippen LogP contribution in [0.1, 0.15) is 297 Å². The van der Waals surface area contributed by atoms with Gasteiger partial charge in [0.1, 0.15) is 6.79 Å². The summed E-state index contributed by atoms with van der Waals surface area (Å²) in [5.74, 6) is 16.9. The Kier molecular flexibility index (Phi) is 443. The van der Waals surface area contributed by atoms with Crippen molar-refractivity contribution in [3.8, 4) is 0 Å². The standard InChI is InChI=1S/C6H12.C5H10.12C4H9.2C3H8O2.C2H6O2.CH4O2.12Y/c1-5(2)6(3)4;1-4-5(2)3;12*1-4(2)3;1-3(2,4)5;4-2-1-3-5;3-1-2-4;2-1-3;;;;;;;;;;;;/h5-6H,1,3H2,2,4H3;5H,2-4H2,1H3;12*1-3H3;4-5H,1-2H3;4-5H,1-3H2;3-4H,1-2H2;2-3H,1H2;;;;;;;;;;;;/q2*-2;12*-1;;;;;;;;;;;;;;;;. The molecule has 0 saturated heterocycles. The van der Waals surface area contributed by atoms with Gasteiger partial charge in [-0.15, -0.1) is 6.42 Å². The van der Waals surface area contributed by atoms with E-state index in [1.807, 2.05) is 0 Å². The van der Waals surface area contributed by atoms with Gasteiger partial charge in [0.25, 0.3) is 0 Å². The van der Waals surface area contributed by atoms with E-state index < -0.39 is 12.6 Å². The first-order valence-corrected chi connectivity index (χ1v) is 27.1. The molecule has 0 saturated carbocycles. The molecule has 0 aliphatic heterocycles.